The molecule has 0 saturated heterocycles. The van der Waals surface area contributed by atoms with Crippen molar-refractivity contribution in [2.45, 2.75) is 31.8 Å². The van der Waals surface area contributed by atoms with Crippen molar-refractivity contribution < 1.29 is 9.90 Å². The van der Waals surface area contributed by atoms with Crippen LogP contribution in [0.5, 0.6) is 0 Å². The van der Waals surface area contributed by atoms with Gasteiger partial charge < -0.3 is 10.4 Å². The molecule has 2 unspecified atom stereocenters. The fraction of sp³-hybridized carbons (Fsp3) is 0.500. The highest BCUT2D eigenvalue weighted by atomic mass is 16.3. The lowest BCUT2D eigenvalue weighted by molar-refractivity contribution is 0.0663. The molecular formula is C14H19NO2. The first-order valence-corrected chi connectivity index (χ1v) is 6.28. The van der Waals surface area contributed by atoms with Gasteiger partial charge in [0.1, 0.15) is 0 Å². The Labute approximate surface area is 102 Å². The minimum absolute atomic E-state index is 0.0524. The molecule has 0 radical (unpaired) electrons. The maximum absolute atomic E-state index is 11.8. The Morgan fingerprint density at radius 1 is 1.24 bits per heavy atom. The highest BCUT2D eigenvalue weighted by molar-refractivity contribution is 5.94. The molecule has 0 aliphatic heterocycles. The normalized spacial score (nSPS) is 24.3. The highest BCUT2D eigenvalue weighted by Crippen LogP contribution is 2.23. The molecule has 1 aliphatic carbocycles. The number of hydrogen-bond acceptors (Lipinski definition) is 2. The van der Waals surface area contributed by atoms with Gasteiger partial charge in [0.2, 0.25) is 0 Å². The molecule has 3 nitrogen and oxygen atoms in total. The van der Waals surface area contributed by atoms with Gasteiger partial charge >= 0.3 is 0 Å². The van der Waals surface area contributed by atoms with E-state index in [9.17, 15) is 9.90 Å². The molecule has 1 saturated carbocycles. The van der Waals surface area contributed by atoms with E-state index in [-0.39, 0.29) is 17.9 Å². The van der Waals surface area contributed by atoms with Crippen molar-refractivity contribution in [3.63, 3.8) is 0 Å². The Kier molecular flexibility index (Phi) is 4.15. The standard InChI is InChI=1S/C14H19NO2/c16-13-9-5-4-8-12(13)10-15-14(17)11-6-2-1-3-7-11/h1-3,6-7,12-13,16H,4-5,8-10H2,(H,15,17). The SMILES string of the molecule is O=C(NCC1CCCCC1O)c1ccccc1. The minimum atomic E-state index is -0.250. The number of amides is 1. The van der Waals surface area contributed by atoms with Crippen LogP contribution < -0.4 is 5.32 Å². The zero-order valence-corrected chi connectivity index (χ0v) is 9.93. The molecule has 0 aromatic heterocycles. The number of carbonyl (C=O) groups excluding carboxylic acids is 1. The zero-order chi connectivity index (χ0) is 12.1. The third-order valence-electron chi connectivity index (χ3n) is 3.43. The predicted octanol–water partition coefficient (Wildman–Crippen LogP) is 1.97. The van der Waals surface area contributed by atoms with Crippen LogP contribution in [0.3, 0.4) is 0 Å². The van der Waals surface area contributed by atoms with E-state index in [0.29, 0.717) is 12.1 Å². The number of aliphatic hydroxyl groups is 1. The molecule has 2 rings (SSSR count). The molecule has 1 amide bonds. The van der Waals surface area contributed by atoms with Gasteiger partial charge in [-0.15, -0.1) is 0 Å². The fourth-order valence-corrected chi connectivity index (χ4v) is 2.34. The van der Waals surface area contributed by atoms with Crippen LogP contribution >= 0.6 is 0 Å². The third kappa shape index (κ3) is 3.30. The largest absolute Gasteiger partial charge is 0.393 e. The number of carbonyl (C=O) groups is 1. The zero-order valence-electron chi connectivity index (χ0n) is 9.93. The van der Waals surface area contributed by atoms with Crippen LogP contribution in [-0.2, 0) is 0 Å². The molecule has 1 fully saturated rings. The van der Waals surface area contributed by atoms with E-state index >= 15 is 0 Å². The van der Waals surface area contributed by atoms with Crippen molar-refractivity contribution in [2.24, 2.45) is 5.92 Å². The summed E-state index contributed by atoms with van der Waals surface area (Å²) in [6, 6.07) is 9.19. The lowest BCUT2D eigenvalue weighted by Crippen LogP contribution is -2.36. The number of aliphatic hydroxyl groups excluding tert-OH is 1. The summed E-state index contributed by atoms with van der Waals surface area (Å²) >= 11 is 0. The average molecular weight is 233 g/mol. The van der Waals surface area contributed by atoms with Gasteiger partial charge in [0.05, 0.1) is 6.10 Å². The van der Waals surface area contributed by atoms with E-state index in [1.54, 1.807) is 12.1 Å². The smallest absolute Gasteiger partial charge is 0.251 e. The Hall–Kier alpha value is -1.35. The molecule has 0 spiro atoms. The van der Waals surface area contributed by atoms with Gasteiger partial charge in [-0.25, -0.2) is 0 Å². The fourth-order valence-electron chi connectivity index (χ4n) is 2.34. The van der Waals surface area contributed by atoms with Crippen molar-refractivity contribution in [1.29, 1.82) is 0 Å². The molecule has 92 valence electrons. The first-order valence-electron chi connectivity index (χ1n) is 6.28. The van der Waals surface area contributed by atoms with Crippen molar-refractivity contribution in [3.05, 3.63) is 35.9 Å². The van der Waals surface area contributed by atoms with Crippen molar-refractivity contribution in [3.8, 4) is 0 Å². The van der Waals surface area contributed by atoms with Crippen LogP contribution in [0.1, 0.15) is 36.0 Å². The quantitative estimate of drug-likeness (QED) is 0.838. The maximum Gasteiger partial charge on any atom is 0.251 e. The molecule has 2 atom stereocenters. The first kappa shape index (κ1) is 12.1. The number of hydrogen-bond donors (Lipinski definition) is 2. The first-order chi connectivity index (χ1) is 8.27. The number of benzene rings is 1. The second-order valence-electron chi connectivity index (χ2n) is 4.69. The molecule has 1 aromatic rings. The van der Waals surface area contributed by atoms with Gasteiger partial charge in [-0.3, -0.25) is 4.79 Å². The highest BCUT2D eigenvalue weighted by Gasteiger charge is 2.23. The van der Waals surface area contributed by atoms with Crippen LogP contribution in [0.15, 0.2) is 30.3 Å². The lowest BCUT2D eigenvalue weighted by Gasteiger charge is -2.27. The Bertz CT molecular complexity index is 364. The predicted molar refractivity (Wildman–Crippen MR) is 66.7 cm³/mol. The summed E-state index contributed by atoms with van der Waals surface area (Å²) in [5.74, 6) is 0.166. The van der Waals surface area contributed by atoms with Crippen LogP contribution in [0, 0.1) is 5.92 Å². The summed E-state index contributed by atoms with van der Waals surface area (Å²) in [5.41, 5.74) is 0.679. The Balaban J connectivity index is 1.84. The Morgan fingerprint density at radius 2 is 1.94 bits per heavy atom. The second-order valence-corrected chi connectivity index (χ2v) is 4.69. The number of rotatable bonds is 3. The van der Waals surface area contributed by atoms with Gasteiger partial charge in [0.25, 0.3) is 5.91 Å². The third-order valence-corrected chi connectivity index (χ3v) is 3.43. The van der Waals surface area contributed by atoms with Crippen molar-refractivity contribution in [2.75, 3.05) is 6.54 Å². The van der Waals surface area contributed by atoms with E-state index in [2.05, 4.69) is 5.32 Å². The number of nitrogens with one attached hydrogen (secondary N) is 1. The Morgan fingerprint density at radius 3 is 2.65 bits per heavy atom. The monoisotopic (exact) mass is 233 g/mol. The van der Waals surface area contributed by atoms with Crippen molar-refractivity contribution >= 4 is 5.91 Å². The molecular weight excluding hydrogens is 214 g/mol. The summed E-state index contributed by atoms with van der Waals surface area (Å²) < 4.78 is 0. The molecule has 3 heteroatoms. The van der Waals surface area contributed by atoms with Crippen LogP contribution in [0.25, 0.3) is 0 Å². The molecule has 17 heavy (non-hydrogen) atoms. The summed E-state index contributed by atoms with van der Waals surface area (Å²) in [4.78, 5) is 11.8. The molecule has 0 bridgehead atoms. The topological polar surface area (TPSA) is 49.3 Å². The molecule has 2 N–H and O–H groups in total. The summed E-state index contributed by atoms with van der Waals surface area (Å²) in [5, 5.41) is 12.7. The van der Waals surface area contributed by atoms with E-state index in [1.807, 2.05) is 18.2 Å². The molecule has 1 aliphatic rings. The van der Waals surface area contributed by atoms with Gasteiger partial charge in [-0.05, 0) is 25.0 Å². The summed E-state index contributed by atoms with van der Waals surface area (Å²) in [7, 11) is 0. The summed E-state index contributed by atoms with van der Waals surface area (Å²) in [6.07, 6.45) is 3.88. The summed E-state index contributed by atoms with van der Waals surface area (Å²) in [6.45, 7) is 0.578. The van der Waals surface area contributed by atoms with Crippen LogP contribution in [0.2, 0.25) is 0 Å². The van der Waals surface area contributed by atoms with E-state index in [4.69, 9.17) is 0 Å². The van der Waals surface area contributed by atoms with E-state index in [1.165, 1.54) is 0 Å². The van der Waals surface area contributed by atoms with Crippen LogP contribution in [0.4, 0.5) is 0 Å². The van der Waals surface area contributed by atoms with Gasteiger partial charge in [0, 0.05) is 18.0 Å². The van der Waals surface area contributed by atoms with Crippen molar-refractivity contribution in [1.82, 2.24) is 5.32 Å². The second kappa shape index (κ2) is 5.82. The van der Waals surface area contributed by atoms with Gasteiger partial charge in [0.15, 0.2) is 0 Å². The minimum Gasteiger partial charge on any atom is -0.393 e. The van der Waals surface area contributed by atoms with Crippen LogP contribution in [-0.4, -0.2) is 23.7 Å². The van der Waals surface area contributed by atoms with E-state index in [0.717, 1.165) is 25.7 Å². The van der Waals surface area contributed by atoms with Gasteiger partial charge in [-0.1, -0.05) is 31.0 Å². The lowest BCUT2D eigenvalue weighted by atomic mass is 9.86. The van der Waals surface area contributed by atoms with E-state index < -0.39 is 0 Å². The maximum atomic E-state index is 11.8. The van der Waals surface area contributed by atoms with Gasteiger partial charge in [-0.2, -0.15) is 0 Å². The molecule has 1 aromatic carbocycles. The average Bonchev–Trinajstić information content (AvgIpc) is 2.38. The molecule has 0 heterocycles.